The van der Waals surface area contributed by atoms with E-state index in [1.807, 2.05) is 43.3 Å². The standard InChI is InChI=1S/C28H30FN3O5/c1-19-13-22(31-25(36-19)15-20-7-5-4-6-8-20)17-32(18-26-30-11-12-35-26)16-21-9-10-24(23(29)14-21)37-28(2,3)27(33)34/h4-14,22H,15-18H2,1-3H3,(H,33,34). The summed E-state index contributed by atoms with van der Waals surface area (Å²) in [4.78, 5) is 22.4. The zero-order valence-electron chi connectivity index (χ0n) is 21.1. The number of allylic oxidation sites excluding steroid dienone is 1. The second-order valence-electron chi connectivity index (χ2n) is 9.41. The van der Waals surface area contributed by atoms with Gasteiger partial charge in [-0.25, -0.2) is 19.2 Å². The second-order valence-corrected chi connectivity index (χ2v) is 9.41. The van der Waals surface area contributed by atoms with Crippen LogP contribution in [0.4, 0.5) is 4.39 Å². The number of aliphatic imine (C=N–C) groups is 1. The van der Waals surface area contributed by atoms with Gasteiger partial charge < -0.3 is 19.0 Å². The highest BCUT2D eigenvalue weighted by Gasteiger charge is 2.30. The summed E-state index contributed by atoms with van der Waals surface area (Å²) in [5, 5.41) is 9.27. The molecule has 0 aliphatic carbocycles. The number of hydrogen-bond acceptors (Lipinski definition) is 7. The lowest BCUT2D eigenvalue weighted by atomic mass is 10.1. The Morgan fingerprint density at radius 3 is 2.62 bits per heavy atom. The Morgan fingerprint density at radius 2 is 1.95 bits per heavy atom. The Hall–Kier alpha value is -3.98. The van der Waals surface area contributed by atoms with Crippen molar-refractivity contribution in [3.05, 3.63) is 95.7 Å². The Balaban J connectivity index is 1.50. The third-order valence-electron chi connectivity index (χ3n) is 5.78. The minimum Gasteiger partial charge on any atom is -0.478 e. The van der Waals surface area contributed by atoms with E-state index in [0.717, 1.165) is 11.3 Å². The van der Waals surface area contributed by atoms with Gasteiger partial charge in [0.15, 0.2) is 23.1 Å². The summed E-state index contributed by atoms with van der Waals surface area (Å²) >= 11 is 0. The van der Waals surface area contributed by atoms with Gasteiger partial charge in [0.1, 0.15) is 12.0 Å². The van der Waals surface area contributed by atoms with Crippen LogP contribution in [0, 0.1) is 5.82 Å². The number of hydrogen-bond donors (Lipinski definition) is 1. The van der Waals surface area contributed by atoms with Crippen LogP contribution in [0.15, 0.2) is 82.2 Å². The van der Waals surface area contributed by atoms with Crippen molar-refractivity contribution < 1.29 is 28.2 Å². The van der Waals surface area contributed by atoms with Crippen molar-refractivity contribution in [2.75, 3.05) is 6.54 Å². The summed E-state index contributed by atoms with van der Waals surface area (Å²) < 4.78 is 31.5. The van der Waals surface area contributed by atoms with Crippen molar-refractivity contribution in [2.45, 2.75) is 51.9 Å². The summed E-state index contributed by atoms with van der Waals surface area (Å²) in [6.45, 7) is 5.95. The zero-order chi connectivity index (χ0) is 26.4. The van der Waals surface area contributed by atoms with E-state index >= 15 is 0 Å². The summed E-state index contributed by atoms with van der Waals surface area (Å²) in [6, 6.07) is 14.3. The SMILES string of the molecule is CC1=CC(CN(Cc2ccc(OC(C)(C)C(=O)O)c(F)c2)Cc2ncco2)N=C(Cc2ccccc2)O1. The maximum absolute atomic E-state index is 14.8. The molecule has 0 amide bonds. The number of nitrogens with zero attached hydrogens (tertiary/aromatic N) is 3. The number of rotatable bonds is 11. The first-order valence-corrected chi connectivity index (χ1v) is 12.0. The number of carboxylic acid groups (broad SMARTS) is 1. The molecule has 4 rings (SSSR count). The van der Waals surface area contributed by atoms with E-state index in [9.17, 15) is 14.3 Å². The molecule has 2 heterocycles. The average molecular weight is 508 g/mol. The number of aliphatic carboxylic acids is 1. The van der Waals surface area contributed by atoms with Gasteiger partial charge >= 0.3 is 5.97 Å². The van der Waals surface area contributed by atoms with E-state index in [1.54, 1.807) is 12.3 Å². The van der Waals surface area contributed by atoms with Crippen LogP contribution in [-0.2, 0) is 29.0 Å². The number of ether oxygens (including phenoxy) is 2. The number of carbonyl (C=O) groups is 1. The van der Waals surface area contributed by atoms with Crippen LogP contribution in [-0.4, -0.2) is 45.0 Å². The number of carboxylic acids is 1. The molecule has 8 nitrogen and oxygen atoms in total. The van der Waals surface area contributed by atoms with Crippen LogP contribution in [0.5, 0.6) is 5.75 Å². The van der Waals surface area contributed by atoms with Gasteiger partial charge in [0.05, 0.1) is 18.8 Å². The molecule has 0 radical (unpaired) electrons. The summed E-state index contributed by atoms with van der Waals surface area (Å²) in [5.74, 6) is 0.0165. The van der Waals surface area contributed by atoms with Crippen molar-refractivity contribution in [3.63, 3.8) is 0 Å². The van der Waals surface area contributed by atoms with E-state index in [4.69, 9.17) is 18.9 Å². The average Bonchev–Trinajstić information content (AvgIpc) is 3.34. The lowest BCUT2D eigenvalue weighted by Gasteiger charge is -2.26. The van der Waals surface area contributed by atoms with Gasteiger partial charge in [0.2, 0.25) is 5.89 Å². The molecule has 1 aliphatic rings. The molecule has 0 fully saturated rings. The molecule has 1 aliphatic heterocycles. The monoisotopic (exact) mass is 507 g/mol. The topological polar surface area (TPSA) is 97.4 Å². The largest absolute Gasteiger partial charge is 0.478 e. The van der Waals surface area contributed by atoms with Crippen LogP contribution < -0.4 is 4.74 Å². The highest BCUT2D eigenvalue weighted by atomic mass is 19.1. The van der Waals surface area contributed by atoms with Crippen LogP contribution in [0.2, 0.25) is 0 Å². The molecule has 0 bridgehead atoms. The third-order valence-corrected chi connectivity index (χ3v) is 5.78. The number of oxazole rings is 1. The number of benzene rings is 2. The molecule has 194 valence electrons. The molecule has 1 atom stereocenters. The lowest BCUT2D eigenvalue weighted by molar-refractivity contribution is -0.152. The van der Waals surface area contributed by atoms with Crippen molar-refractivity contribution in [2.24, 2.45) is 4.99 Å². The third kappa shape index (κ3) is 7.27. The van der Waals surface area contributed by atoms with Crippen molar-refractivity contribution >= 4 is 11.9 Å². The van der Waals surface area contributed by atoms with Gasteiger partial charge in [-0.05, 0) is 50.1 Å². The molecular weight excluding hydrogens is 477 g/mol. The van der Waals surface area contributed by atoms with Gasteiger partial charge in [-0.2, -0.15) is 0 Å². The van der Waals surface area contributed by atoms with Gasteiger partial charge in [0, 0.05) is 19.5 Å². The Labute approximate surface area is 215 Å². The minimum absolute atomic E-state index is 0.117. The lowest BCUT2D eigenvalue weighted by Crippen LogP contribution is -2.38. The van der Waals surface area contributed by atoms with Gasteiger partial charge in [-0.1, -0.05) is 36.4 Å². The predicted molar refractivity (Wildman–Crippen MR) is 136 cm³/mol. The van der Waals surface area contributed by atoms with E-state index in [-0.39, 0.29) is 11.8 Å². The van der Waals surface area contributed by atoms with E-state index < -0.39 is 17.4 Å². The maximum Gasteiger partial charge on any atom is 0.347 e. The minimum atomic E-state index is -1.55. The first-order valence-electron chi connectivity index (χ1n) is 12.0. The smallest absolute Gasteiger partial charge is 0.347 e. The van der Waals surface area contributed by atoms with Crippen molar-refractivity contribution in [3.8, 4) is 5.75 Å². The van der Waals surface area contributed by atoms with E-state index in [0.29, 0.717) is 43.4 Å². The molecule has 1 aromatic heterocycles. The highest BCUT2D eigenvalue weighted by molar-refractivity contribution is 5.80. The fraction of sp³-hybridized carbons (Fsp3) is 0.321. The van der Waals surface area contributed by atoms with E-state index in [2.05, 4.69) is 9.88 Å². The molecule has 3 aromatic rings. The van der Waals surface area contributed by atoms with Crippen molar-refractivity contribution in [1.82, 2.24) is 9.88 Å². The van der Waals surface area contributed by atoms with Gasteiger partial charge in [0.25, 0.3) is 0 Å². The Kier molecular flexibility index (Phi) is 8.03. The molecule has 0 saturated heterocycles. The summed E-state index contributed by atoms with van der Waals surface area (Å²) in [6.07, 6.45) is 5.64. The van der Waals surface area contributed by atoms with E-state index in [1.165, 1.54) is 32.2 Å². The molecular formula is C28H30FN3O5. The molecule has 1 N–H and O–H groups in total. The van der Waals surface area contributed by atoms with Crippen molar-refractivity contribution in [1.29, 1.82) is 0 Å². The van der Waals surface area contributed by atoms with Crippen LogP contribution in [0.1, 0.15) is 37.8 Å². The second kappa shape index (κ2) is 11.4. The first-order chi connectivity index (χ1) is 17.7. The number of aromatic nitrogens is 1. The highest BCUT2D eigenvalue weighted by Crippen LogP contribution is 2.25. The molecule has 0 saturated carbocycles. The van der Waals surface area contributed by atoms with Crippen LogP contribution in [0.25, 0.3) is 0 Å². The summed E-state index contributed by atoms with van der Waals surface area (Å²) in [5.41, 5.74) is 0.239. The van der Waals surface area contributed by atoms with Gasteiger partial charge in [-0.3, -0.25) is 4.90 Å². The zero-order valence-corrected chi connectivity index (χ0v) is 21.1. The molecule has 0 spiro atoms. The Morgan fingerprint density at radius 1 is 1.16 bits per heavy atom. The van der Waals surface area contributed by atoms with Gasteiger partial charge in [-0.15, -0.1) is 0 Å². The number of halogens is 1. The normalized spacial score (nSPS) is 15.6. The van der Waals surface area contributed by atoms with Crippen LogP contribution in [0.3, 0.4) is 0 Å². The maximum atomic E-state index is 14.8. The Bertz CT molecular complexity index is 1270. The molecule has 1 unspecified atom stereocenters. The fourth-order valence-electron chi connectivity index (χ4n) is 3.96. The predicted octanol–water partition coefficient (Wildman–Crippen LogP) is 5.00. The summed E-state index contributed by atoms with van der Waals surface area (Å²) in [7, 11) is 0. The quantitative estimate of drug-likeness (QED) is 0.390. The van der Waals surface area contributed by atoms with Crippen LogP contribution >= 0.6 is 0 Å². The molecule has 37 heavy (non-hydrogen) atoms. The molecule has 2 aromatic carbocycles. The first kappa shape index (κ1) is 26.1. The molecule has 9 heteroatoms. The fourth-order valence-corrected chi connectivity index (χ4v) is 3.96.